The Hall–Kier alpha value is -2.30. The van der Waals surface area contributed by atoms with E-state index in [0.717, 1.165) is 29.8 Å². The largest absolute Gasteiger partial charge is 0.497 e. The van der Waals surface area contributed by atoms with Gasteiger partial charge in [-0.05, 0) is 48.4 Å². The molecule has 1 N–H and O–H groups in total. The van der Waals surface area contributed by atoms with Gasteiger partial charge in [0.2, 0.25) is 0 Å². The number of amides is 1. The maximum atomic E-state index is 12.7. The summed E-state index contributed by atoms with van der Waals surface area (Å²) in [6, 6.07) is 9.88. The van der Waals surface area contributed by atoms with E-state index in [1.54, 1.807) is 11.8 Å². The van der Waals surface area contributed by atoms with Crippen LogP contribution in [0.15, 0.2) is 30.3 Å². The average molecular weight is 327 g/mol. The second-order valence-corrected chi connectivity index (χ2v) is 6.79. The monoisotopic (exact) mass is 327 g/mol. The van der Waals surface area contributed by atoms with Crippen molar-refractivity contribution in [3.63, 3.8) is 0 Å². The highest BCUT2D eigenvalue weighted by atomic mass is 16.5. The van der Waals surface area contributed by atoms with E-state index in [1.165, 1.54) is 0 Å². The fraction of sp³-hybridized carbons (Fsp3) is 0.474. The number of aryl methyl sites for hydroxylation is 1. The van der Waals surface area contributed by atoms with Crippen LogP contribution in [-0.2, 0) is 7.05 Å². The molecule has 0 saturated heterocycles. The number of carbonyl (C=O) groups excluding carboxylic acids is 1. The number of methoxy groups -OCH3 is 1. The van der Waals surface area contributed by atoms with Gasteiger partial charge >= 0.3 is 0 Å². The molecule has 1 aromatic carbocycles. The maximum absolute atomic E-state index is 12.7. The first-order valence-corrected chi connectivity index (χ1v) is 8.48. The van der Waals surface area contributed by atoms with Gasteiger partial charge in [-0.3, -0.25) is 9.48 Å². The Morgan fingerprint density at radius 1 is 1.29 bits per heavy atom. The average Bonchev–Trinajstić information content (AvgIpc) is 3.33. The molecule has 1 aromatic heterocycles. The quantitative estimate of drug-likeness (QED) is 0.884. The molecule has 1 heterocycles. The van der Waals surface area contributed by atoms with Gasteiger partial charge in [0, 0.05) is 7.05 Å². The minimum absolute atomic E-state index is 0.0424. The second-order valence-electron chi connectivity index (χ2n) is 6.79. The van der Waals surface area contributed by atoms with Gasteiger partial charge in [0.15, 0.2) is 0 Å². The van der Waals surface area contributed by atoms with Gasteiger partial charge in [-0.2, -0.15) is 5.10 Å². The Bertz CT molecular complexity index is 715. The van der Waals surface area contributed by atoms with Gasteiger partial charge in [0.1, 0.15) is 11.4 Å². The molecule has 1 aliphatic carbocycles. The first kappa shape index (κ1) is 16.6. The molecular weight excluding hydrogens is 302 g/mol. The fourth-order valence-electron chi connectivity index (χ4n) is 2.91. The molecule has 5 nitrogen and oxygen atoms in total. The number of hydrogen-bond acceptors (Lipinski definition) is 3. The molecule has 24 heavy (non-hydrogen) atoms. The SMILES string of the molecule is COc1ccc(C(NC(=O)c2cc(C(C)C)nn2C)C2CC2)cc1. The summed E-state index contributed by atoms with van der Waals surface area (Å²) in [7, 11) is 3.48. The van der Waals surface area contributed by atoms with Crippen LogP contribution in [0.2, 0.25) is 0 Å². The van der Waals surface area contributed by atoms with Crippen LogP contribution in [0, 0.1) is 5.92 Å². The van der Waals surface area contributed by atoms with Crippen LogP contribution in [0.3, 0.4) is 0 Å². The highest BCUT2D eigenvalue weighted by Crippen LogP contribution is 2.41. The standard InChI is InChI=1S/C19H25N3O2/c1-12(2)16-11-17(22(3)21-16)19(23)20-18(13-5-6-13)14-7-9-15(24-4)10-8-14/h7-13,18H,5-6H2,1-4H3,(H,20,23). The molecule has 5 heteroatoms. The van der Waals surface area contributed by atoms with E-state index in [1.807, 2.05) is 37.4 Å². The Kier molecular flexibility index (Phi) is 4.60. The first-order valence-electron chi connectivity index (χ1n) is 8.48. The van der Waals surface area contributed by atoms with Crippen LogP contribution in [0.25, 0.3) is 0 Å². The summed E-state index contributed by atoms with van der Waals surface area (Å²) in [5.74, 6) is 1.58. The predicted octanol–water partition coefficient (Wildman–Crippen LogP) is 3.43. The Morgan fingerprint density at radius 2 is 1.96 bits per heavy atom. The summed E-state index contributed by atoms with van der Waals surface area (Å²) in [6.07, 6.45) is 2.30. The summed E-state index contributed by atoms with van der Waals surface area (Å²) in [5.41, 5.74) is 2.67. The number of aromatic nitrogens is 2. The van der Waals surface area contributed by atoms with Crippen molar-refractivity contribution in [3.8, 4) is 5.75 Å². The number of benzene rings is 1. The smallest absolute Gasteiger partial charge is 0.270 e. The van der Waals surface area contributed by atoms with E-state index < -0.39 is 0 Å². The van der Waals surface area contributed by atoms with E-state index in [9.17, 15) is 4.79 Å². The second kappa shape index (κ2) is 6.67. The third-order valence-electron chi connectivity index (χ3n) is 4.58. The zero-order valence-electron chi connectivity index (χ0n) is 14.7. The zero-order valence-corrected chi connectivity index (χ0v) is 14.7. The van der Waals surface area contributed by atoms with Crippen LogP contribution < -0.4 is 10.1 Å². The molecule has 1 fully saturated rings. The van der Waals surface area contributed by atoms with Gasteiger partial charge < -0.3 is 10.1 Å². The van der Waals surface area contributed by atoms with Gasteiger partial charge in [0.05, 0.1) is 18.8 Å². The van der Waals surface area contributed by atoms with Crippen LogP contribution >= 0.6 is 0 Å². The summed E-state index contributed by atoms with van der Waals surface area (Å²) in [5, 5.41) is 7.64. The molecule has 0 aliphatic heterocycles. The number of nitrogens with one attached hydrogen (secondary N) is 1. The van der Waals surface area contributed by atoms with E-state index >= 15 is 0 Å². The van der Waals surface area contributed by atoms with Crippen molar-refractivity contribution in [2.75, 3.05) is 7.11 Å². The lowest BCUT2D eigenvalue weighted by Gasteiger charge is -2.19. The highest BCUT2D eigenvalue weighted by Gasteiger charge is 2.34. The van der Waals surface area contributed by atoms with Crippen LogP contribution in [0.5, 0.6) is 5.75 Å². The zero-order chi connectivity index (χ0) is 17.3. The van der Waals surface area contributed by atoms with E-state index in [-0.39, 0.29) is 11.9 Å². The van der Waals surface area contributed by atoms with Crippen molar-refractivity contribution in [1.82, 2.24) is 15.1 Å². The third-order valence-corrected chi connectivity index (χ3v) is 4.58. The van der Waals surface area contributed by atoms with Crippen molar-refractivity contribution >= 4 is 5.91 Å². The summed E-state index contributed by atoms with van der Waals surface area (Å²) < 4.78 is 6.89. The lowest BCUT2D eigenvalue weighted by atomic mass is 10.0. The minimum atomic E-state index is -0.0652. The number of nitrogens with zero attached hydrogens (tertiary/aromatic N) is 2. The van der Waals surface area contributed by atoms with Crippen molar-refractivity contribution in [3.05, 3.63) is 47.3 Å². The highest BCUT2D eigenvalue weighted by molar-refractivity contribution is 5.93. The number of carbonyl (C=O) groups is 1. The maximum Gasteiger partial charge on any atom is 0.270 e. The summed E-state index contributed by atoms with van der Waals surface area (Å²) >= 11 is 0. The van der Waals surface area contributed by atoms with Crippen LogP contribution in [0.1, 0.15) is 60.4 Å². The lowest BCUT2D eigenvalue weighted by molar-refractivity contribution is 0.0922. The van der Waals surface area contributed by atoms with Crippen molar-refractivity contribution in [1.29, 1.82) is 0 Å². The minimum Gasteiger partial charge on any atom is -0.497 e. The molecular formula is C19H25N3O2. The van der Waals surface area contributed by atoms with E-state index in [2.05, 4.69) is 24.3 Å². The topological polar surface area (TPSA) is 56.1 Å². The van der Waals surface area contributed by atoms with Crippen molar-refractivity contribution < 1.29 is 9.53 Å². The fourth-order valence-corrected chi connectivity index (χ4v) is 2.91. The van der Waals surface area contributed by atoms with Gasteiger partial charge in [-0.25, -0.2) is 0 Å². The summed E-state index contributed by atoms with van der Waals surface area (Å²) in [6.45, 7) is 4.16. The van der Waals surface area contributed by atoms with Crippen molar-refractivity contribution in [2.45, 2.75) is 38.6 Å². The van der Waals surface area contributed by atoms with E-state index in [0.29, 0.717) is 17.5 Å². The molecule has 1 saturated carbocycles. The Morgan fingerprint density at radius 3 is 2.46 bits per heavy atom. The summed E-state index contributed by atoms with van der Waals surface area (Å²) in [4.78, 5) is 12.7. The first-order chi connectivity index (χ1) is 11.5. The molecule has 0 radical (unpaired) electrons. The van der Waals surface area contributed by atoms with Crippen LogP contribution in [-0.4, -0.2) is 22.8 Å². The lowest BCUT2D eigenvalue weighted by Crippen LogP contribution is -2.31. The predicted molar refractivity (Wildman–Crippen MR) is 93.2 cm³/mol. The molecule has 1 aliphatic rings. The Labute approximate surface area is 143 Å². The normalized spacial score (nSPS) is 15.4. The van der Waals surface area contributed by atoms with Gasteiger partial charge in [-0.1, -0.05) is 26.0 Å². The molecule has 128 valence electrons. The number of rotatable bonds is 6. The van der Waals surface area contributed by atoms with E-state index in [4.69, 9.17) is 4.74 Å². The molecule has 2 aromatic rings. The molecule has 1 atom stereocenters. The number of hydrogen-bond donors (Lipinski definition) is 1. The van der Waals surface area contributed by atoms with Gasteiger partial charge in [0.25, 0.3) is 5.91 Å². The number of ether oxygens (including phenoxy) is 1. The molecule has 0 bridgehead atoms. The van der Waals surface area contributed by atoms with Crippen molar-refractivity contribution in [2.24, 2.45) is 13.0 Å². The molecule has 1 amide bonds. The molecule has 0 spiro atoms. The molecule has 3 rings (SSSR count). The third kappa shape index (κ3) is 3.45. The van der Waals surface area contributed by atoms with Gasteiger partial charge in [-0.15, -0.1) is 0 Å². The molecule has 1 unspecified atom stereocenters. The Balaban J connectivity index is 1.79. The van der Waals surface area contributed by atoms with Crippen LogP contribution in [0.4, 0.5) is 0 Å².